The Hall–Kier alpha value is -3.08. The minimum absolute atomic E-state index is 0.190. The number of nitriles is 1. The highest BCUT2D eigenvalue weighted by Gasteiger charge is 2.12. The van der Waals surface area contributed by atoms with Crippen molar-refractivity contribution in [2.24, 2.45) is 0 Å². The van der Waals surface area contributed by atoms with Gasteiger partial charge in [-0.25, -0.2) is 8.42 Å². The van der Waals surface area contributed by atoms with Crippen molar-refractivity contribution in [3.63, 3.8) is 0 Å². The quantitative estimate of drug-likeness (QED) is 0.561. The van der Waals surface area contributed by atoms with Crippen LogP contribution in [0.3, 0.4) is 0 Å². The first-order valence-electron chi connectivity index (χ1n) is 9.15. The third-order valence-electron chi connectivity index (χ3n) is 4.41. The number of rotatable bonds is 7. The molecule has 0 aliphatic carbocycles. The molecule has 152 valence electrons. The molecule has 0 fully saturated rings. The fourth-order valence-corrected chi connectivity index (χ4v) is 4.38. The zero-order chi connectivity index (χ0) is 21.6. The van der Waals surface area contributed by atoms with E-state index in [1.54, 1.807) is 42.1 Å². The van der Waals surface area contributed by atoms with Crippen molar-refractivity contribution < 1.29 is 13.2 Å². The van der Waals surface area contributed by atoms with E-state index < -0.39 is 9.84 Å². The van der Waals surface area contributed by atoms with Crippen LogP contribution < -0.4 is 5.32 Å². The second-order valence-corrected chi connectivity index (χ2v) is 9.73. The topological polar surface area (TPSA) is 87.0 Å². The van der Waals surface area contributed by atoms with Crippen LogP contribution in [0.4, 0.5) is 0 Å². The number of hydrogen-bond acceptors (Lipinski definition) is 5. The van der Waals surface area contributed by atoms with Crippen molar-refractivity contribution in [3.05, 3.63) is 95.1 Å². The SMILES string of the molecule is CS(=O)(=O)c1ccc(CNC(=O)c2ccccc2SCc2ccc(C#N)cc2)cc1. The van der Waals surface area contributed by atoms with Crippen molar-refractivity contribution in [2.75, 3.05) is 6.26 Å². The maximum absolute atomic E-state index is 12.7. The van der Waals surface area contributed by atoms with Crippen molar-refractivity contribution in [2.45, 2.75) is 22.1 Å². The van der Waals surface area contributed by atoms with Crippen LogP contribution in [0.15, 0.2) is 82.6 Å². The lowest BCUT2D eigenvalue weighted by atomic mass is 10.2. The van der Waals surface area contributed by atoms with Crippen LogP contribution in [0.1, 0.15) is 27.0 Å². The summed E-state index contributed by atoms with van der Waals surface area (Å²) in [5.74, 6) is 0.494. The molecule has 0 aliphatic rings. The van der Waals surface area contributed by atoms with Crippen LogP contribution in [-0.2, 0) is 22.1 Å². The highest BCUT2D eigenvalue weighted by atomic mass is 32.2. The van der Waals surface area contributed by atoms with E-state index in [1.807, 2.05) is 30.3 Å². The molecule has 0 heterocycles. The Bertz CT molecular complexity index is 1180. The first-order valence-corrected chi connectivity index (χ1v) is 12.0. The summed E-state index contributed by atoms with van der Waals surface area (Å²) < 4.78 is 23.1. The fourth-order valence-electron chi connectivity index (χ4n) is 2.75. The number of amides is 1. The van der Waals surface area contributed by atoms with Crippen LogP contribution in [0.5, 0.6) is 0 Å². The number of hydrogen-bond donors (Lipinski definition) is 1. The normalized spacial score (nSPS) is 10.9. The lowest BCUT2D eigenvalue weighted by molar-refractivity contribution is 0.0948. The van der Waals surface area contributed by atoms with Gasteiger partial charge in [0.1, 0.15) is 0 Å². The summed E-state index contributed by atoms with van der Waals surface area (Å²) in [4.78, 5) is 13.8. The summed E-state index contributed by atoms with van der Waals surface area (Å²) in [6, 6.07) is 23.4. The minimum atomic E-state index is -3.24. The number of benzene rings is 3. The lowest BCUT2D eigenvalue weighted by Gasteiger charge is -2.10. The molecule has 0 bridgehead atoms. The Morgan fingerprint density at radius 2 is 1.60 bits per heavy atom. The van der Waals surface area contributed by atoms with Gasteiger partial charge in [0, 0.05) is 23.4 Å². The Balaban J connectivity index is 1.64. The molecular weight excluding hydrogens is 416 g/mol. The van der Waals surface area contributed by atoms with Crippen molar-refractivity contribution in [1.82, 2.24) is 5.32 Å². The summed E-state index contributed by atoms with van der Waals surface area (Å²) in [5.41, 5.74) is 3.09. The van der Waals surface area contributed by atoms with Crippen LogP contribution in [0.2, 0.25) is 0 Å². The van der Waals surface area contributed by atoms with Crippen LogP contribution in [0.25, 0.3) is 0 Å². The molecule has 0 unspecified atom stereocenters. The maximum atomic E-state index is 12.7. The molecule has 0 radical (unpaired) electrons. The smallest absolute Gasteiger partial charge is 0.252 e. The predicted octanol–water partition coefficient (Wildman–Crippen LogP) is 4.18. The Morgan fingerprint density at radius 1 is 0.967 bits per heavy atom. The van der Waals surface area contributed by atoms with Crippen molar-refractivity contribution >= 4 is 27.5 Å². The van der Waals surface area contributed by atoms with Crippen molar-refractivity contribution in [3.8, 4) is 6.07 Å². The fraction of sp³-hybridized carbons (Fsp3) is 0.130. The zero-order valence-corrected chi connectivity index (χ0v) is 18.0. The summed E-state index contributed by atoms with van der Waals surface area (Å²) in [6.45, 7) is 0.303. The van der Waals surface area contributed by atoms with Gasteiger partial charge < -0.3 is 5.32 Å². The van der Waals surface area contributed by atoms with Crippen LogP contribution in [0, 0.1) is 11.3 Å². The van der Waals surface area contributed by atoms with E-state index in [4.69, 9.17) is 5.26 Å². The van der Waals surface area contributed by atoms with E-state index in [0.717, 1.165) is 22.3 Å². The van der Waals surface area contributed by atoms with E-state index in [9.17, 15) is 13.2 Å². The monoisotopic (exact) mass is 436 g/mol. The highest BCUT2D eigenvalue weighted by Crippen LogP contribution is 2.26. The van der Waals surface area contributed by atoms with Gasteiger partial charge in [0.15, 0.2) is 9.84 Å². The standard InChI is InChI=1S/C23H20N2O3S2/c1-30(27,28)20-12-10-18(11-13-20)15-25-23(26)21-4-2-3-5-22(21)29-16-19-8-6-17(14-24)7-9-19/h2-13H,15-16H2,1H3,(H,25,26). The molecular formula is C23H20N2O3S2. The third-order valence-corrected chi connectivity index (χ3v) is 6.69. The Labute approximate surface area is 180 Å². The van der Waals surface area contributed by atoms with Gasteiger partial charge in [0.25, 0.3) is 5.91 Å². The third kappa shape index (κ3) is 5.72. The summed E-state index contributed by atoms with van der Waals surface area (Å²) in [5, 5.41) is 11.8. The van der Waals surface area contributed by atoms with Gasteiger partial charge in [-0.2, -0.15) is 5.26 Å². The minimum Gasteiger partial charge on any atom is -0.348 e. The van der Waals surface area contributed by atoms with E-state index in [0.29, 0.717) is 23.4 Å². The molecule has 0 aromatic heterocycles. The first-order chi connectivity index (χ1) is 14.4. The molecule has 1 N–H and O–H groups in total. The molecule has 3 rings (SSSR count). The van der Waals surface area contributed by atoms with Gasteiger partial charge >= 0.3 is 0 Å². The summed E-state index contributed by atoms with van der Waals surface area (Å²) >= 11 is 1.56. The van der Waals surface area contributed by atoms with Crippen LogP contribution >= 0.6 is 11.8 Å². The van der Waals surface area contributed by atoms with Crippen molar-refractivity contribution in [1.29, 1.82) is 5.26 Å². The number of carbonyl (C=O) groups is 1. The van der Waals surface area contributed by atoms with E-state index >= 15 is 0 Å². The first kappa shape index (κ1) is 21.6. The second kappa shape index (κ2) is 9.61. The molecule has 30 heavy (non-hydrogen) atoms. The molecule has 1 amide bonds. The number of thioether (sulfide) groups is 1. The number of sulfone groups is 1. The maximum Gasteiger partial charge on any atom is 0.252 e. The van der Waals surface area contributed by atoms with Crippen LogP contribution in [-0.4, -0.2) is 20.6 Å². The Morgan fingerprint density at radius 3 is 2.23 bits per heavy atom. The molecule has 3 aromatic carbocycles. The largest absolute Gasteiger partial charge is 0.348 e. The average Bonchev–Trinajstić information content (AvgIpc) is 2.76. The second-order valence-electron chi connectivity index (χ2n) is 6.69. The van der Waals surface area contributed by atoms with Gasteiger partial charge in [-0.15, -0.1) is 11.8 Å². The number of nitrogens with one attached hydrogen (secondary N) is 1. The van der Waals surface area contributed by atoms with Gasteiger partial charge in [-0.1, -0.05) is 36.4 Å². The van der Waals surface area contributed by atoms with Gasteiger partial charge in [-0.3, -0.25) is 4.79 Å². The van der Waals surface area contributed by atoms with Gasteiger partial charge in [0.05, 0.1) is 22.1 Å². The molecule has 0 spiro atoms. The summed E-state index contributed by atoms with van der Waals surface area (Å²) in [6.07, 6.45) is 1.16. The van der Waals surface area contributed by atoms with Gasteiger partial charge in [-0.05, 0) is 47.5 Å². The summed E-state index contributed by atoms with van der Waals surface area (Å²) in [7, 11) is -3.24. The molecule has 0 saturated carbocycles. The number of nitrogens with zero attached hydrogens (tertiary/aromatic N) is 1. The lowest BCUT2D eigenvalue weighted by Crippen LogP contribution is -2.23. The number of carbonyl (C=O) groups excluding carboxylic acids is 1. The van der Waals surface area contributed by atoms with E-state index in [1.165, 1.54) is 12.1 Å². The Kier molecular flexibility index (Phi) is 6.93. The molecule has 3 aromatic rings. The predicted molar refractivity (Wildman–Crippen MR) is 118 cm³/mol. The molecule has 5 nitrogen and oxygen atoms in total. The zero-order valence-electron chi connectivity index (χ0n) is 16.3. The average molecular weight is 437 g/mol. The van der Waals surface area contributed by atoms with E-state index in [-0.39, 0.29) is 10.8 Å². The molecule has 0 atom stereocenters. The van der Waals surface area contributed by atoms with E-state index in [2.05, 4.69) is 11.4 Å². The molecule has 7 heteroatoms. The molecule has 0 aliphatic heterocycles. The van der Waals surface area contributed by atoms with Gasteiger partial charge in [0.2, 0.25) is 0 Å². The molecule has 0 saturated heterocycles. The highest BCUT2D eigenvalue weighted by molar-refractivity contribution is 7.98.